The van der Waals surface area contributed by atoms with Crippen LogP contribution in [0.25, 0.3) is 11.3 Å². The molecule has 0 fully saturated rings. The van der Waals surface area contributed by atoms with Gasteiger partial charge in [0.25, 0.3) is 0 Å². The minimum absolute atomic E-state index is 0.206. The summed E-state index contributed by atoms with van der Waals surface area (Å²) in [6.45, 7) is 3.37. The Bertz CT molecular complexity index is 826. The molecule has 2 heterocycles. The van der Waals surface area contributed by atoms with Crippen LogP contribution in [0.2, 0.25) is 0 Å². The van der Waals surface area contributed by atoms with E-state index in [0.29, 0.717) is 17.9 Å². The Morgan fingerprint density at radius 2 is 2.16 bits per heavy atom. The van der Waals surface area contributed by atoms with Crippen molar-refractivity contribution in [2.75, 3.05) is 7.11 Å². The predicted octanol–water partition coefficient (Wildman–Crippen LogP) is 2.50. The van der Waals surface area contributed by atoms with Gasteiger partial charge in [0.15, 0.2) is 0 Å². The molecule has 2 aromatic heterocycles. The van der Waals surface area contributed by atoms with Crippen LogP contribution in [0.5, 0.6) is 0 Å². The van der Waals surface area contributed by atoms with E-state index in [9.17, 15) is 4.79 Å². The normalized spacial score (nSPS) is 12.1. The maximum Gasteiger partial charge on any atom is 0.338 e. The Kier molecular flexibility index (Phi) is 5.25. The maximum absolute atomic E-state index is 11.9. The van der Waals surface area contributed by atoms with Crippen molar-refractivity contribution in [3.8, 4) is 11.3 Å². The Labute approximate surface area is 145 Å². The van der Waals surface area contributed by atoms with E-state index in [-0.39, 0.29) is 12.0 Å². The third kappa shape index (κ3) is 4.13. The number of hydrogen-bond acceptors (Lipinski definition) is 6. The summed E-state index contributed by atoms with van der Waals surface area (Å²) in [6.07, 6.45) is 3.21. The molecule has 0 amide bonds. The topological polar surface area (TPSA) is 82.2 Å². The minimum Gasteiger partial charge on any atom is -0.465 e. The summed E-state index contributed by atoms with van der Waals surface area (Å²) in [5.41, 5.74) is 1.20. The van der Waals surface area contributed by atoms with E-state index >= 15 is 0 Å². The van der Waals surface area contributed by atoms with Gasteiger partial charge in [-0.15, -0.1) is 0 Å². The number of benzene rings is 1. The second-order valence-electron chi connectivity index (χ2n) is 5.70. The zero-order valence-corrected chi connectivity index (χ0v) is 14.2. The highest BCUT2D eigenvalue weighted by atomic mass is 16.5. The predicted molar refractivity (Wildman–Crippen MR) is 91.8 cm³/mol. The van der Waals surface area contributed by atoms with Gasteiger partial charge in [-0.05, 0) is 25.1 Å². The largest absolute Gasteiger partial charge is 0.465 e. The Morgan fingerprint density at radius 3 is 2.92 bits per heavy atom. The number of aromatic nitrogens is 3. The first-order chi connectivity index (χ1) is 12.2. The van der Waals surface area contributed by atoms with E-state index in [0.717, 1.165) is 17.9 Å². The molecule has 25 heavy (non-hydrogen) atoms. The van der Waals surface area contributed by atoms with Crippen molar-refractivity contribution in [3.63, 3.8) is 0 Å². The van der Waals surface area contributed by atoms with Crippen molar-refractivity contribution in [2.45, 2.75) is 26.1 Å². The maximum atomic E-state index is 11.9. The molecule has 130 valence electrons. The van der Waals surface area contributed by atoms with Crippen molar-refractivity contribution < 1.29 is 13.9 Å². The molecule has 1 N–H and O–H groups in total. The number of hydrogen-bond donors (Lipinski definition) is 1. The summed E-state index contributed by atoms with van der Waals surface area (Å²) in [7, 11) is 1.37. The summed E-state index contributed by atoms with van der Waals surface area (Å²) in [5.74, 6) is 1.05. The summed E-state index contributed by atoms with van der Waals surface area (Å²) in [6, 6.07) is 11.2. The molecule has 7 heteroatoms. The molecule has 1 unspecified atom stereocenters. The van der Waals surface area contributed by atoms with Crippen molar-refractivity contribution in [1.82, 2.24) is 20.1 Å². The second kappa shape index (κ2) is 7.76. The minimum atomic E-state index is -0.381. The van der Waals surface area contributed by atoms with Crippen LogP contribution < -0.4 is 5.32 Å². The zero-order valence-electron chi connectivity index (χ0n) is 14.2. The van der Waals surface area contributed by atoms with E-state index < -0.39 is 0 Å². The highest BCUT2D eigenvalue weighted by Crippen LogP contribution is 2.26. The molecule has 7 nitrogen and oxygen atoms in total. The molecule has 0 aliphatic carbocycles. The number of furan rings is 1. The fourth-order valence-corrected chi connectivity index (χ4v) is 2.55. The van der Waals surface area contributed by atoms with Gasteiger partial charge in [0, 0.05) is 11.6 Å². The van der Waals surface area contributed by atoms with Gasteiger partial charge < -0.3 is 14.5 Å². The number of carbonyl (C=O) groups is 1. The van der Waals surface area contributed by atoms with E-state index in [1.807, 2.05) is 24.3 Å². The molecular formula is C18H20N4O3. The van der Waals surface area contributed by atoms with Crippen LogP contribution >= 0.6 is 0 Å². The second-order valence-corrected chi connectivity index (χ2v) is 5.70. The Hall–Kier alpha value is -2.93. The lowest BCUT2D eigenvalue weighted by Crippen LogP contribution is -2.30. The average Bonchev–Trinajstić information content (AvgIpc) is 3.31. The molecule has 3 aromatic rings. The fraction of sp³-hybridized carbons (Fsp3) is 0.278. The summed E-state index contributed by atoms with van der Waals surface area (Å²) in [5, 5.41) is 7.46. The van der Waals surface area contributed by atoms with Crippen molar-refractivity contribution in [2.24, 2.45) is 0 Å². The highest BCUT2D eigenvalue weighted by molar-refractivity contribution is 5.96. The molecule has 0 radical (unpaired) electrons. The molecule has 0 aliphatic heterocycles. The van der Waals surface area contributed by atoms with E-state index in [4.69, 9.17) is 9.15 Å². The fourth-order valence-electron chi connectivity index (χ4n) is 2.55. The molecule has 1 atom stereocenters. The summed E-state index contributed by atoms with van der Waals surface area (Å²) >= 11 is 0. The molecular weight excluding hydrogens is 320 g/mol. The smallest absolute Gasteiger partial charge is 0.338 e. The van der Waals surface area contributed by atoms with Gasteiger partial charge >= 0.3 is 5.97 Å². The van der Waals surface area contributed by atoms with Gasteiger partial charge in [-0.1, -0.05) is 18.2 Å². The molecule has 3 rings (SSSR count). The average molecular weight is 340 g/mol. The number of methoxy groups -OCH3 is 1. The summed E-state index contributed by atoms with van der Waals surface area (Å²) < 4.78 is 12.5. The van der Waals surface area contributed by atoms with Crippen LogP contribution in [0.15, 0.2) is 53.5 Å². The Morgan fingerprint density at radius 1 is 1.32 bits per heavy atom. The summed E-state index contributed by atoms with van der Waals surface area (Å²) in [4.78, 5) is 15.8. The lowest BCUT2D eigenvalue weighted by atomic mass is 10.1. The van der Waals surface area contributed by atoms with Crippen molar-refractivity contribution in [1.29, 1.82) is 0 Å². The number of nitrogens with zero attached hydrogens (tertiary/aromatic N) is 3. The lowest BCUT2D eigenvalue weighted by Gasteiger charge is -2.12. The van der Waals surface area contributed by atoms with Crippen molar-refractivity contribution >= 4 is 5.97 Å². The molecule has 0 aliphatic rings. The van der Waals surface area contributed by atoms with Gasteiger partial charge in [-0.2, -0.15) is 5.10 Å². The van der Waals surface area contributed by atoms with E-state index in [2.05, 4.69) is 22.3 Å². The molecule has 0 saturated carbocycles. The van der Waals surface area contributed by atoms with Crippen LogP contribution in [0.4, 0.5) is 0 Å². The molecule has 0 bridgehead atoms. The van der Waals surface area contributed by atoms with Gasteiger partial charge in [0.05, 0.1) is 25.8 Å². The van der Waals surface area contributed by atoms with E-state index in [1.165, 1.54) is 13.4 Å². The Balaban J connectivity index is 1.66. The molecule has 0 saturated heterocycles. The highest BCUT2D eigenvalue weighted by Gasteiger charge is 2.15. The lowest BCUT2D eigenvalue weighted by molar-refractivity contribution is 0.0601. The number of rotatable bonds is 7. The monoisotopic (exact) mass is 340 g/mol. The van der Waals surface area contributed by atoms with Crippen LogP contribution in [0, 0.1) is 0 Å². The first-order valence-corrected chi connectivity index (χ1v) is 7.99. The van der Waals surface area contributed by atoms with Gasteiger partial charge in [0.1, 0.15) is 24.2 Å². The third-order valence-electron chi connectivity index (χ3n) is 3.81. The van der Waals surface area contributed by atoms with Gasteiger partial charge in [-0.25, -0.2) is 9.78 Å². The zero-order chi connectivity index (χ0) is 17.6. The number of nitrogens with one attached hydrogen (secondary N) is 1. The van der Waals surface area contributed by atoms with Gasteiger partial charge in [0.2, 0.25) is 0 Å². The van der Waals surface area contributed by atoms with Crippen LogP contribution in [0.1, 0.15) is 23.0 Å². The molecule has 0 spiro atoms. The van der Waals surface area contributed by atoms with Crippen molar-refractivity contribution in [3.05, 3.63) is 60.4 Å². The van der Waals surface area contributed by atoms with Crippen LogP contribution in [-0.4, -0.2) is 33.9 Å². The van der Waals surface area contributed by atoms with E-state index in [1.54, 1.807) is 23.1 Å². The first kappa shape index (κ1) is 16.9. The third-order valence-corrected chi connectivity index (χ3v) is 3.81. The van der Waals surface area contributed by atoms with Crippen LogP contribution in [0.3, 0.4) is 0 Å². The number of ether oxygens (including phenoxy) is 1. The number of carbonyl (C=O) groups excluding carboxylic acids is 1. The van der Waals surface area contributed by atoms with Crippen LogP contribution in [-0.2, 0) is 17.8 Å². The quantitative estimate of drug-likeness (QED) is 0.666. The standard InChI is InChI=1S/C18H20N4O3/c1-13(10-22-12-19-11-21-22)20-9-14-7-8-17(25-14)15-5-3-4-6-16(15)18(23)24-2/h3-8,11-13,20H,9-10H2,1-2H3. The number of esters is 1. The molecule has 1 aromatic carbocycles. The van der Waals surface area contributed by atoms with Gasteiger partial charge in [-0.3, -0.25) is 4.68 Å². The SMILES string of the molecule is COC(=O)c1ccccc1-c1ccc(CNC(C)Cn2cncn2)o1. The first-order valence-electron chi connectivity index (χ1n) is 7.99.